The van der Waals surface area contributed by atoms with Crippen LogP contribution in [-0.2, 0) is 0 Å². The Morgan fingerprint density at radius 3 is 2.73 bits per heavy atom. The number of piperidine rings is 1. The Labute approximate surface area is 175 Å². The van der Waals surface area contributed by atoms with Crippen LogP contribution in [0.1, 0.15) is 46.1 Å². The van der Waals surface area contributed by atoms with E-state index in [1.165, 1.54) is 0 Å². The molecule has 1 fully saturated rings. The average molecular weight is 409 g/mol. The molecule has 3 N–H and O–H groups in total. The van der Waals surface area contributed by atoms with Gasteiger partial charge in [-0.15, -0.1) is 0 Å². The Morgan fingerprint density at radius 2 is 2.07 bits per heavy atom. The summed E-state index contributed by atoms with van der Waals surface area (Å²) in [5, 5.41) is 9.85. The molecule has 8 nitrogen and oxygen atoms in total. The fourth-order valence-electron chi connectivity index (χ4n) is 4.25. The van der Waals surface area contributed by atoms with Crippen LogP contribution >= 0.6 is 0 Å². The topological polar surface area (TPSA) is 102 Å². The molecular formula is C22H28N6O2. The molecule has 1 aliphatic heterocycles. The number of aldehydes is 1. The number of carbonyl (C=O) groups excluding carboxylic acids is 1. The summed E-state index contributed by atoms with van der Waals surface area (Å²) in [4.78, 5) is 14.2. The molecule has 0 saturated carbocycles. The predicted octanol–water partition coefficient (Wildman–Crippen LogP) is 2.83. The lowest BCUT2D eigenvalue weighted by Crippen LogP contribution is -2.32. The van der Waals surface area contributed by atoms with Crippen molar-refractivity contribution in [2.45, 2.75) is 32.7 Å². The number of hydrogen-bond donors (Lipinski definition) is 2. The zero-order valence-electron chi connectivity index (χ0n) is 17.9. The average Bonchev–Trinajstić information content (AvgIpc) is 3.26. The van der Waals surface area contributed by atoms with E-state index in [0.29, 0.717) is 11.3 Å². The molecule has 1 aromatic carbocycles. The number of nitrogens with zero attached hydrogens (tertiary/aromatic N) is 4. The lowest BCUT2D eigenvalue weighted by atomic mass is 10.0. The number of hydrazone groups is 1. The first-order valence-electron chi connectivity index (χ1n) is 10.2. The van der Waals surface area contributed by atoms with Crippen LogP contribution in [0.15, 0.2) is 27.7 Å². The molecule has 2 aromatic heterocycles. The first kappa shape index (κ1) is 20.2. The van der Waals surface area contributed by atoms with Gasteiger partial charge >= 0.3 is 0 Å². The van der Waals surface area contributed by atoms with E-state index in [1.807, 2.05) is 23.7 Å². The first-order valence-corrected chi connectivity index (χ1v) is 10.2. The second-order valence-corrected chi connectivity index (χ2v) is 7.98. The van der Waals surface area contributed by atoms with E-state index in [-0.39, 0.29) is 17.6 Å². The molecule has 4 rings (SSSR count). The number of aryl methyl sites for hydroxylation is 2. The summed E-state index contributed by atoms with van der Waals surface area (Å²) in [6, 6.07) is 6.26. The minimum atomic E-state index is 0.153. The number of benzene rings is 1. The molecule has 0 spiro atoms. The highest BCUT2D eigenvalue weighted by Crippen LogP contribution is 2.38. The Hall–Kier alpha value is -3.13. The largest absolute Gasteiger partial charge is 0.454 e. The number of amidine groups is 1. The smallest absolute Gasteiger partial charge is 0.171 e. The molecule has 0 aliphatic carbocycles. The summed E-state index contributed by atoms with van der Waals surface area (Å²) in [6.45, 7) is 6.02. The van der Waals surface area contributed by atoms with E-state index in [2.05, 4.69) is 40.6 Å². The van der Waals surface area contributed by atoms with Crippen molar-refractivity contribution >= 4 is 23.1 Å². The van der Waals surface area contributed by atoms with E-state index in [9.17, 15) is 4.79 Å². The maximum atomic E-state index is 11.9. The van der Waals surface area contributed by atoms with Gasteiger partial charge in [0.05, 0.1) is 11.6 Å². The standard InChI is InChI=1S/C22H28N6O2/c1-13-5-6-18-16(11-13)14(2)21(30-18)20-19(22(23)25-24-3)17(12-29)26-28(20)15-7-9-27(4)10-8-15/h5-6,11-12,15,24H,7-10H2,1-4H3,(H2,23,25). The summed E-state index contributed by atoms with van der Waals surface area (Å²) in [7, 11) is 3.79. The minimum absolute atomic E-state index is 0.153. The van der Waals surface area contributed by atoms with E-state index in [4.69, 9.17) is 10.2 Å². The SMILES string of the molecule is CN/N=C(/N)c1c(C=O)nn(C2CCN(C)CC2)c1-c1oc2ccc(C)cc2c1C. The van der Waals surface area contributed by atoms with Crippen molar-refractivity contribution in [3.05, 3.63) is 40.6 Å². The number of furan rings is 1. The number of rotatable bonds is 5. The van der Waals surface area contributed by atoms with Crippen molar-refractivity contribution in [3.8, 4) is 11.5 Å². The highest BCUT2D eigenvalue weighted by atomic mass is 16.3. The molecule has 30 heavy (non-hydrogen) atoms. The van der Waals surface area contributed by atoms with E-state index in [0.717, 1.165) is 60.0 Å². The molecule has 0 amide bonds. The van der Waals surface area contributed by atoms with Crippen molar-refractivity contribution in [1.82, 2.24) is 20.1 Å². The van der Waals surface area contributed by atoms with Crippen LogP contribution in [-0.4, -0.2) is 54.0 Å². The van der Waals surface area contributed by atoms with E-state index >= 15 is 0 Å². The predicted molar refractivity (Wildman–Crippen MR) is 118 cm³/mol. The van der Waals surface area contributed by atoms with E-state index in [1.54, 1.807) is 7.05 Å². The van der Waals surface area contributed by atoms with E-state index < -0.39 is 0 Å². The number of likely N-dealkylation sites (tertiary alicyclic amines) is 1. The zero-order chi connectivity index (χ0) is 21.4. The Bertz CT molecular complexity index is 1120. The second kappa shape index (κ2) is 7.95. The highest BCUT2D eigenvalue weighted by Gasteiger charge is 2.31. The van der Waals surface area contributed by atoms with Gasteiger partial charge in [-0.2, -0.15) is 10.2 Å². The Morgan fingerprint density at radius 1 is 1.33 bits per heavy atom. The fraction of sp³-hybridized carbons (Fsp3) is 0.409. The van der Waals surface area contributed by atoms with Gasteiger partial charge in [0.1, 0.15) is 17.0 Å². The first-order chi connectivity index (χ1) is 14.4. The maximum absolute atomic E-state index is 11.9. The van der Waals surface area contributed by atoms with Gasteiger partial charge in [0.15, 0.2) is 17.9 Å². The minimum Gasteiger partial charge on any atom is -0.454 e. The quantitative estimate of drug-likeness (QED) is 0.291. The van der Waals surface area contributed by atoms with Gasteiger partial charge in [-0.25, -0.2) is 0 Å². The third-order valence-corrected chi connectivity index (χ3v) is 5.88. The van der Waals surface area contributed by atoms with Crippen LogP contribution < -0.4 is 11.2 Å². The molecule has 3 heterocycles. The highest BCUT2D eigenvalue weighted by molar-refractivity contribution is 6.08. The maximum Gasteiger partial charge on any atom is 0.171 e. The van der Waals surface area contributed by atoms with Crippen LogP contribution in [0.5, 0.6) is 0 Å². The van der Waals surface area contributed by atoms with Crippen molar-refractivity contribution in [3.63, 3.8) is 0 Å². The number of nitrogens with two attached hydrogens (primary N) is 1. The molecular weight excluding hydrogens is 380 g/mol. The van der Waals surface area contributed by atoms with Crippen LogP contribution in [0, 0.1) is 13.8 Å². The lowest BCUT2D eigenvalue weighted by molar-refractivity contribution is 0.111. The van der Waals surface area contributed by atoms with Crippen LogP contribution in [0.3, 0.4) is 0 Å². The monoisotopic (exact) mass is 408 g/mol. The normalized spacial score (nSPS) is 16.3. The summed E-state index contributed by atoms with van der Waals surface area (Å²) < 4.78 is 8.23. The molecule has 0 radical (unpaired) electrons. The molecule has 1 saturated heterocycles. The number of carbonyl (C=O) groups is 1. The van der Waals surface area contributed by atoms with Gasteiger partial charge < -0.3 is 20.5 Å². The van der Waals surface area contributed by atoms with Crippen LogP contribution in [0.4, 0.5) is 0 Å². The number of fused-ring (bicyclic) bond motifs is 1. The van der Waals surface area contributed by atoms with Crippen molar-refractivity contribution in [2.75, 3.05) is 27.2 Å². The lowest BCUT2D eigenvalue weighted by Gasteiger charge is -2.30. The van der Waals surface area contributed by atoms with Crippen LogP contribution in [0.2, 0.25) is 0 Å². The third-order valence-electron chi connectivity index (χ3n) is 5.88. The van der Waals surface area contributed by atoms with Gasteiger partial charge in [-0.1, -0.05) is 11.6 Å². The molecule has 158 valence electrons. The van der Waals surface area contributed by atoms with Crippen molar-refractivity contribution < 1.29 is 9.21 Å². The summed E-state index contributed by atoms with van der Waals surface area (Å²) in [6.07, 6.45) is 2.61. The molecule has 0 bridgehead atoms. The number of aromatic nitrogens is 2. The van der Waals surface area contributed by atoms with Gasteiger partial charge in [0.25, 0.3) is 0 Å². The molecule has 8 heteroatoms. The third kappa shape index (κ3) is 3.37. The molecule has 0 atom stereocenters. The van der Waals surface area contributed by atoms with Gasteiger partial charge in [-0.05, 0) is 59.0 Å². The molecule has 3 aromatic rings. The zero-order valence-corrected chi connectivity index (χ0v) is 17.9. The van der Waals surface area contributed by atoms with Gasteiger partial charge in [0, 0.05) is 18.0 Å². The molecule has 1 aliphatic rings. The van der Waals surface area contributed by atoms with Crippen molar-refractivity contribution in [1.29, 1.82) is 0 Å². The molecule has 0 unspecified atom stereocenters. The number of nitrogens with one attached hydrogen (secondary N) is 1. The summed E-state index contributed by atoms with van der Waals surface area (Å²) in [5.41, 5.74) is 13.4. The fourth-order valence-corrected chi connectivity index (χ4v) is 4.25. The van der Waals surface area contributed by atoms with Gasteiger partial charge in [0.2, 0.25) is 0 Å². The number of hydrogen-bond acceptors (Lipinski definition) is 6. The second-order valence-electron chi connectivity index (χ2n) is 7.98. The summed E-state index contributed by atoms with van der Waals surface area (Å²) in [5.74, 6) is 0.893. The summed E-state index contributed by atoms with van der Waals surface area (Å²) >= 11 is 0. The van der Waals surface area contributed by atoms with Gasteiger partial charge in [-0.3, -0.25) is 9.48 Å². The Balaban J connectivity index is 1.99. The van der Waals surface area contributed by atoms with Crippen LogP contribution in [0.25, 0.3) is 22.4 Å². The Kier molecular flexibility index (Phi) is 5.34. The van der Waals surface area contributed by atoms with Crippen molar-refractivity contribution in [2.24, 2.45) is 10.8 Å².